The highest BCUT2D eigenvalue weighted by Crippen LogP contribution is 2.29. The fourth-order valence-electron chi connectivity index (χ4n) is 1.27. The third kappa shape index (κ3) is 2.45. The zero-order valence-electron chi connectivity index (χ0n) is 8.44. The molecule has 0 amide bonds. The average molecular weight is 192 g/mol. The van der Waals surface area contributed by atoms with Gasteiger partial charge in [0.1, 0.15) is 0 Å². The number of ether oxygens (including phenoxy) is 1. The van der Waals surface area contributed by atoms with Crippen LogP contribution in [0, 0.1) is 5.92 Å². The molecule has 3 heteroatoms. The molecule has 0 bridgehead atoms. The van der Waals surface area contributed by atoms with Gasteiger partial charge >= 0.3 is 0 Å². The van der Waals surface area contributed by atoms with Crippen molar-refractivity contribution < 1.29 is 4.74 Å². The lowest BCUT2D eigenvalue weighted by molar-refractivity contribution is 0.288. The lowest BCUT2D eigenvalue weighted by atomic mass is 10.1. The predicted molar refractivity (Wildman–Crippen MR) is 55.1 cm³/mol. The molecule has 1 aromatic heterocycles. The molecule has 0 aliphatic heterocycles. The second-order valence-electron chi connectivity index (χ2n) is 3.97. The van der Waals surface area contributed by atoms with Crippen molar-refractivity contribution in [3.8, 4) is 5.88 Å². The summed E-state index contributed by atoms with van der Waals surface area (Å²) in [4.78, 5) is 4.14. The second-order valence-corrected chi connectivity index (χ2v) is 3.97. The fraction of sp³-hybridized carbons (Fsp3) is 0.545. The van der Waals surface area contributed by atoms with Crippen molar-refractivity contribution in [2.24, 2.45) is 11.7 Å². The highest BCUT2D eigenvalue weighted by Gasteiger charge is 2.22. The van der Waals surface area contributed by atoms with E-state index < -0.39 is 0 Å². The number of aromatic nitrogens is 1. The van der Waals surface area contributed by atoms with E-state index in [0.717, 1.165) is 18.1 Å². The summed E-state index contributed by atoms with van der Waals surface area (Å²) in [6.45, 7) is 2.76. The molecule has 0 aromatic carbocycles. The van der Waals surface area contributed by atoms with Crippen molar-refractivity contribution in [2.75, 3.05) is 6.61 Å². The normalized spacial score (nSPS) is 17.9. The minimum Gasteiger partial charge on any atom is -0.477 e. The molecule has 1 atom stereocenters. The molecule has 1 saturated carbocycles. The standard InChI is InChI=1S/C11H16N2O/c1-8(12)10-4-5-13-11(6-10)14-7-9-2-3-9/h4-6,8-9H,2-3,7,12H2,1H3/t8-/m1/s1. The van der Waals surface area contributed by atoms with Crippen molar-refractivity contribution in [1.29, 1.82) is 0 Å². The quantitative estimate of drug-likeness (QED) is 0.792. The maximum atomic E-state index is 5.77. The van der Waals surface area contributed by atoms with Gasteiger partial charge in [0.25, 0.3) is 0 Å². The maximum Gasteiger partial charge on any atom is 0.213 e. The van der Waals surface area contributed by atoms with E-state index in [1.165, 1.54) is 12.8 Å². The van der Waals surface area contributed by atoms with Gasteiger partial charge < -0.3 is 10.5 Å². The average Bonchev–Trinajstić information content (AvgIpc) is 2.99. The number of pyridine rings is 1. The summed E-state index contributed by atoms with van der Waals surface area (Å²) in [5.74, 6) is 1.46. The number of nitrogens with two attached hydrogens (primary N) is 1. The fourth-order valence-corrected chi connectivity index (χ4v) is 1.27. The molecule has 0 radical (unpaired) electrons. The number of hydrogen-bond acceptors (Lipinski definition) is 3. The van der Waals surface area contributed by atoms with E-state index in [9.17, 15) is 0 Å². The van der Waals surface area contributed by atoms with E-state index in [1.54, 1.807) is 6.20 Å². The van der Waals surface area contributed by atoms with Crippen LogP contribution in [0.2, 0.25) is 0 Å². The largest absolute Gasteiger partial charge is 0.477 e. The monoisotopic (exact) mass is 192 g/mol. The summed E-state index contributed by atoms with van der Waals surface area (Å²) in [7, 11) is 0. The Labute approximate surface area is 84.3 Å². The van der Waals surface area contributed by atoms with Crippen molar-refractivity contribution >= 4 is 0 Å². The van der Waals surface area contributed by atoms with Gasteiger partial charge in [0.2, 0.25) is 5.88 Å². The van der Waals surface area contributed by atoms with Crippen LogP contribution in [0.15, 0.2) is 18.3 Å². The van der Waals surface area contributed by atoms with Crippen LogP contribution in [0.4, 0.5) is 0 Å². The Morgan fingerprint density at radius 1 is 1.64 bits per heavy atom. The summed E-state index contributed by atoms with van der Waals surface area (Å²) in [5.41, 5.74) is 6.84. The minimum atomic E-state index is 0.0428. The van der Waals surface area contributed by atoms with Gasteiger partial charge in [-0.25, -0.2) is 4.98 Å². The lowest BCUT2D eigenvalue weighted by Gasteiger charge is -2.08. The molecule has 0 unspecified atom stereocenters. The van der Waals surface area contributed by atoms with Crippen molar-refractivity contribution in [3.63, 3.8) is 0 Å². The Morgan fingerprint density at radius 3 is 3.07 bits per heavy atom. The molecule has 1 heterocycles. The molecule has 1 aromatic rings. The lowest BCUT2D eigenvalue weighted by Crippen LogP contribution is -2.06. The topological polar surface area (TPSA) is 48.1 Å². The first-order valence-electron chi connectivity index (χ1n) is 5.10. The Morgan fingerprint density at radius 2 is 2.43 bits per heavy atom. The SMILES string of the molecule is C[C@@H](N)c1ccnc(OCC2CC2)c1. The number of nitrogens with zero attached hydrogens (tertiary/aromatic N) is 1. The highest BCUT2D eigenvalue weighted by atomic mass is 16.5. The molecule has 2 N–H and O–H groups in total. The Balaban J connectivity index is 1.97. The number of hydrogen-bond donors (Lipinski definition) is 1. The first-order chi connectivity index (χ1) is 6.75. The maximum absolute atomic E-state index is 5.77. The van der Waals surface area contributed by atoms with Gasteiger partial charge in [-0.15, -0.1) is 0 Å². The van der Waals surface area contributed by atoms with Gasteiger partial charge in [-0.3, -0.25) is 0 Å². The Kier molecular flexibility index (Phi) is 2.68. The van der Waals surface area contributed by atoms with E-state index in [0.29, 0.717) is 5.88 Å². The van der Waals surface area contributed by atoms with Crippen molar-refractivity contribution in [2.45, 2.75) is 25.8 Å². The first kappa shape index (κ1) is 9.46. The van der Waals surface area contributed by atoms with Crippen LogP contribution < -0.4 is 10.5 Å². The molecule has 3 nitrogen and oxygen atoms in total. The zero-order chi connectivity index (χ0) is 9.97. The summed E-state index contributed by atoms with van der Waals surface area (Å²) in [6.07, 6.45) is 4.35. The number of rotatable bonds is 4. The van der Waals surface area contributed by atoms with Gasteiger partial charge in [-0.05, 0) is 37.3 Å². The Hall–Kier alpha value is -1.09. The van der Waals surface area contributed by atoms with Crippen LogP contribution in [-0.2, 0) is 0 Å². The first-order valence-corrected chi connectivity index (χ1v) is 5.10. The third-order valence-electron chi connectivity index (χ3n) is 2.45. The molecule has 1 aliphatic rings. The van der Waals surface area contributed by atoms with E-state index in [4.69, 9.17) is 10.5 Å². The van der Waals surface area contributed by atoms with E-state index in [2.05, 4.69) is 4.98 Å². The summed E-state index contributed by atoms with van der Waals surface area (Å²) in [6, 6.07) is 3.89. The van der Waals surface area contributed by atoms with Crippen molar-refractivity contribution in [1.82, 2.24) is 4.98 Å². The third-order valence-corrected chi connectivity index (χ3v) is 2.45. The van der Waals surface area contributed by atoms with Crippen LogP contribution in [0.25, 0.3) is 0 Å². The van der Waals surface area contributed by atoms with Crippen LogP contribution in [0.5, 0.6) is 5.88 Å². The van der Waals surface area contributed by atoms with E-state index >= 15 is 0 Å². The van der Waals surface area contributed by atoms with Crippen LogP contribution in [-0.4, -0.2) is 11.6 Å². The van der Waals surface area contributed by atoms with Gasteiger partial charge in [0.15, 0.2) is 0 Å². The molecule has 0 spiro atoms. The summed E-state index contributed by atoms with van der Waals surface area (Å²) >= 11 is 0. The molecular formula is C11H16N2O. The predicted octanol–water partition coefficient (Wildman–Crippen LogP) is 1.89. The van der Waals surface area contributed by atoms with Crippen LogP contribution in [0.3, 0.4) is 0 Å². The van der Waals surface area contributed by atoms with Gasteiger partial charge in [0, 0.05) is 18.3 Å². The van der Waals surface area contributed by atoms with Gasteiger partial charge in [-0.2, -0.15) is 0 Å². The smallest absolute Gasteiger partial charge is 0.213 e. The minimum absolute atomic E-state index is 0.0428. The second kappa shape index (κ2) is 3.96. The van der Waals surface area contributed by atoms with Crippen molar-refractivity contribution in [3.05, 3.63) is 23.9 Å². The molecule has 1 aliphatic carbocycles. The van der Waals surface area contributed by atoms with E-state index in [-0.39, 0.29) is 6.04 Å². The van der Waals surface area contributed by atoms with Gasteiger partial charge in [0.05, 0.1) is 6.61 Å². The zero-order valence-corrected chi connectivity index (χ0v) is 8.44. The van der Waals surface area contributed by atoms with Crippen LogP contribution >= 0.6 is 0 Å². The van der Waals surface area contributed by atoms with E-state index in [1.807, 2.05) is 19.1 Å². The molecule has 0 saturated heterocycles. The Bertz CT molecular complexity index is 308. The molecular weight excluding hydrogens is 176 g/mol. The summed E-state index contributed by atoms with van der Waals surface area (Å²) < 4.78 is 5.55. The molecule has 76 valence electrons. The molecule has 1 fully saturated rings. The summed E-state index contributed by atoms with van der Waals surface area (Å²) in [5, 5.41) is 0. The highest BCUT2D eigenvalue weighted by molar-refractivity contribution is 5.22. The molecule has 2 rings (SSSR count). The molecule has 14 heavy (non-hydrogen) atoms. The van der Waals surface area contributed by atoms with Gasteiger partial charge in [-0.1, -0.05) is 0 Å². The van der Waals surface area contributed by atoms with Crippen LogP contribution in [0.1, 0.15) is 31.4 Å².